The van der Waals surface area contributed by atoms with Gasteiger partial charge in [0.05, 0.1) is 11.9 Å². The number of hydrogen-bond donors (Lipinski definition) is 1. The first-order valence-electron chi connectivity index (χ1n) is 7.36. The molecule has 2 rings (SSSR count). The molecule has 1 amide bonds. The van der Waals surface area contributed by atoms with Crippen LogP contribution in [0.1, 0.15) is 30.8 Å². The molecule has 1 atom stereocenters. The highest BCUT2D eigenvalue weighted by Gasteiger charge is 2.30. The fourth-order valence-electron chi connectivity index (χ4n) is 2.79. The summed E-state index contributed by atoms with van der Waals surface area (Å²) in [5.41, 5.74) is 1.45. The number of likely N-dealkylation sites (tertiary alicyclic amines) is 1. The van der Waals surface area contributed by atoms with Crippen molar-refractivity contribution in [1.82, 2.24) is 14.8 Å². The lowest BCUT2D eigenvalue weighted by molar-refractivity contribution is 0.0772. The van der Waals surface area contributed by atoms with E-state index in [0.29, 0.717) is 11.7 Å². The molecule has 20 heavy (non-hydrogen) atoms. The molecule has 0 spiro atoms. The molecule has 0 radical (unpaired) electrons. The predicted octanol–water partition coefficient (Wildman–Crippen LogP) is 1.68. The number of rotatable bonds is 5. The zero-order valence-electron chi connectivity index (χ0n) is 12.6. The smallest absolute Gasteiger partial charge is 0.272 e. The number of carbonyl (C=O) groups excluding carboxylic acids is 1. The van der Waals surface area contributed by atoms with Gasteiger partial charge >= 0.3 is 0 Å². The van der Waals surface area contributed by atoms with Crippen LogP contribution in [-0.2, 0) is 0 Å². The van der Waals surface area contributed by atoms with Gasteiger partial charge in [0.25, 0.3) is 5.91 Å². The summed E-state index contributed by atoms with van der Waals surface area (Å²) in [7, 11) is 1.84. The maximum Gasteiger partial charge on any atom is 0.272 e. The maximum absolute atomic E-state index is 12.4. The topological polar surface area (TPSA) is 48.5 Å². The Morgan fingerprint density at radius 2 is 2.20 bits per heavy atom. The van der Waals surface area contributed by atoms with Gasteiger partial charge in [-0.1, -0.05) is 13.8 Å². The zero-order valence-corrected chi connectivity index (χ0v) is 12.6. The minimum atomic E-state index is 0.0438. The number of nitrogens with one attached hydrogen (secondary N) is 1. The van der Waals surface area contributed by atoms with Gasteiger partial charge in [-0.25, -0.2) is 4.98 Å². The van der Waals surface area contributed by atoms with Crippen LogP contribution in [0.4, 0.5) is 5.69 Å². The summed E-state index contributed by atoms with van der Waals surface area (Å²) in [6.07, 6.45) is 2.76. The van der Waals surface area contributed by atoms with Crippen LogP contribution in [0, 0.1) is 0 Å². The van der Waals surface area contributed by atoms with Crippen molar-refractivity contribution >= 4 is 11.6 Å². The lowest BCUT2D eigenvalue weighted by Gasteiger charge is -2.26. The van der Waals surface area contributed by atoms with E-state index in [1.54, 1.807) is 12.3 Å². The van der Waals surface area contributed by atoms with Gasteiger partial charge in [-0.2, -0.15) is 0 Å². The molecule has 5 heteroatoms. The standard InChI is InChI=1S/C15H24N4O/c1-4-18(5-2)13-8-9-19(11-13)15(20)14-7-6-12(16-3)10-17-14/h6-7,10,13,16H,4-5,8-9,11H2,1-3H3. The third-order valence-corrected chi connectivity index (χ3v) is 4.05. The first-order valence-corrected chi connectivity index (χ1v) is 7.36. The van der Waals surface area contributed by atoms with E-state index in [1.807, 2.05) is 18.0 Å². The van der Waals surface area contributed by atoms with E-state index >= 15 is 0 Å². The summed E-state index contributed by atoms with van der Waals surface area (Å²) in [5, 5.41) is 3.01. The Bertz CT molecular complexity index is 442. The molecule has 1 unspecified atom stereocenters. The molecular formula is C15H24N4O. The molecular weight excluding hydrogens is 252 g/mol. The van der Waals surface area contributed by atoms with Crippen LogP contribution in [0.2, 0.25) is 0 Å². The number of pyridine rings is 1. The number of anilines is 1. The third kappa shape index (κ3) is 3.10. The minimum Gasteiger partial charge on any atom is -0.387 e. The van der Waals surface area contributed by atoms with Gasteiger partial charge in [-0.05, 0) is 31.6 Å². The average molecular weight is 276 g/mol. The van der Waals surface area contributed by atoms with Crippen molar-refractivity contribution in [2.75, 3.05) is 38.5 Å². The molecule has 1 N–H and O–H groups in total. The molecule has 0 aromatic carbocycles. The van der Waals surface area contributed by atoms with Crippen LogP contribution in [-0.4, -0.2) is 60.0 Å². The van der Waals surface area contributed by atoms with Crippen molar-refractivity contribution in [3.05, 3.63) is 24.0 Å². The van der Waals surface area contributed by atoms with Crippen molar-refractivity contribution in [2.45, 2.75) is 26.3 Å². The van der Waals surface area contributed by atoms with Crippen LogP contribution in [0.5, 0.6) is 0 Å². The molecule has 1 aromatic rings. The lowest BCUT2D eigenvalue weighted by atomic mass is 10.2. The largest absolute Gasteiger partial charge is 0.387 e. The molecule has 5 nitrogen and oxygen atoms in total. The van der Waals surface area contributed by atoms with Crippen molar-refractivity contribution < 1.29 is 4.79 Å². The van der Waals surface area contributed by atoms with E-state index in [-0.39, 0.29) is 5.91 Å². The Hall–Kier alpha value is -1.62. The number of carbonyl (C=O) groups is 1. The SMILES string of the molecule is CCN(CC)C1CCN(C(=O)c2ccc(NC)cn2)C1. The number of nitrogens with zero attached hydrogens (tertiary/aromatic N) is 3. The first kappa shape index (κ1) is 14.8. The molecule has 1 aromatic heterocycles. The molecule has 1 saturated heterocycles. The summed E-state index contributed by atoms with van der Waals surface area (Å²) >= 11 is 0. The van der Waals surface area contributed by atoms with Crippen molar-refractivity contribution in [3.63, 3.8) is 0 Å². The number of hydrogen-bond acceptors (Lipinski definition) is 4. The Kier molecular flexibility index (Phi) is 4.95. The normalized spacial score (nSPS) is 18.6. The molecule has 0 aliphatic carbocycles. The zero-order chi connectivity index (χ0) is 14.5. The highest BCUT2D eigenvalue weighted by Crippen LogP contribution is 2.18. The fourth-order valence-corrected chi connectivity index (χ4v) is 2.79. The van der Waals surface area contributed by atoms with Crippen molar-refractivity contribution in [3.8, 4) is 0 Å². The van der Waals surface area contributed by atoms with Crippen LogP contribution in [0.3, 0.4) is 0 Å². The van der Waals surface area contributed by atoms with Gasteiger partial charge < -0.3 is 10.2 Å². The molecule has 110 valence electrons. The van der Waals surface area contributed by atoms with Gasteiger partial charge in [0.15, 0.2) is 0 Å². The molecule has 1 aliphatic rings. The van der Waals surface area contributed by atoms with Crippen molar-refractivity contribution in [2.24, 2.45) is 0 Å². The molecule has 1 fully saturated rings. The predicted molar refractivity (Wildman–Crippen MR) is 81.0 cm³/mol. The van der Waals surface area contributed by atoms with Gasteiger partial charge in [-0.15, -0.1) is 0 Å². The maximum atomic E-state index is 12.4. The molecule has 0 saturated carbocycles. The second kappa shape index (κ2) is 6.70. The van der Waals surface area contributed by atoms with Crippen LogP contribution in [0.15, 0.2) is 18.3 Å². The van der Waals surface area contributed by atoms with Crippen LogP contribution >= 0.6 is 0 Å². The Balaban J connectivity index is 2.00. The Morgan fingerprint density at radius 1 is 1.45 bits per heavy atom. The minimum absolute atomic E-state index is 0.0438. The average Bonchev–Trinajstić information content (AvgIpc) is 2.97. The Morgan fingerprint density at radius 3 is 2.75 bits per heavy atom. The highest BCUT2D eigenvalue weighted by molar-refractivity contribution is 5.92. The Labute approximate surface area is 121 Å². The fraction of sp³-hybridized carbons (Fsp3) is 0.600. The van der Waals surface area contributed by atoms with Gasteiger partial charge in [0.2, 0.25) is 0 Å². The highest BCUT2D eigenvalue weighted by atomic mass is 16.2. The van der Waals surface area contributed by atoms with Gasteiger partial charge in [-0.3, -0.25) is 9.69 Å². The summed E-state index contributed by atoms with van der Waals surface area (Å²) in [4.78, 5) is 21.0. The van der Waals surface area contributed by atoms with E-state index < -0.39 is 0 Å². The summed E-state index contributed by atoms with van der Waals surface area (Å²) in [6, 6.07) is 4.17. The summed E-state index contributed by atoms with van der Waals surface area (Å²) in [6.45, 7) is 8.07. The molecule has 0 bridgehead atoms. The van der Waals surface area contributed by atoms with Gasteiger partial charge in [0.1, 0.15) is 5.69 Å². The number of aromatic nitrogens is 1. The monoisotopic (exact) mass is 276 g/mol. The van der Waals surface area contributed by atoms with Gasteiger partial charge in [0, 0.05) is 26.2 Å². The number of amides is 1. The first-order chi connectivity index (χ1) is 9.69. The van der Waals surface area contributed by atoms with E-state index in [4.69, 9.17) is 0 Å². The van der Waals surface area contributed by atoms with E-state index in [0.717, 1.165) is 38.3 Å². The summed E-state index contributed by atoms with van der Waals surface area (Å²) < 4.78 is 0. The van der Waals surface area contributed by atoms with E-state index in [2.05, 4.69) is 29.0 Å². The number of likely N-dealkylation sites (N-methyl/N-ethyl adjacent to an activating group) is 1. The van der Waals surface area contributed by atoms with Crippen LogP contribution in [0.25, 0.3) is 0 Å². The lowest BCUT2D eigenvalue weighted by Crippen LogP contribution is -2.38. The molecule has 2 heterocycles. The third-order valence-electron chi connectivity index (χ3n) is 4.05. The van der Waals surface area contributed by atoms with Crippen molar-refractivity contribution in [1.29, 1.82) is 0 Å². The van der Waals surface area contributed by atoms with E-state index in [1.165, 1.54) is 0 Å². The quantitative estimate of drug-likeness (QED) is 0.889. The van der Waals surface area contributed by atoms with E-state index in [9.17, 15) is 4.79 Å². The van der Waals surface area contributed by atoms with Crippen LogP contribution < -0.4 is 5.32 Å². The molecule has 1 aliphatic heterocycles. The second-order valence-electron chi connectivity index (χ2n) is 5.10. The second-order valence-corrected chi connectivity index (χ2v) is 5.10. The summed E-state index contributed by atoms with van der Waals surface area (Å²) in [5.74, 6) is 0.0438.